The van der Waals surface area contributed by atoms with Crippen molar-refractivity contribution < 1.29 is 19.7 Å². The zero-order valence-electron chi connectivity index (χ0n) is 9.45. The Morgan fingerprint density at radius 3 is 2.28 bits per heavy atom. The molecule has 0 saturated heterocycles. The molecule has 8 heteroatoms. The molecular weight excluding hydrogens is 244 g/mol. The Morgan fingerprint density at radius 2 is 1.89 bits per heavy atom. The Labute approximate surface area is 101 Å². The number of carboxylic acid groups (broad SMARTS) is 1. The first-order valence-electron chi connectivity index (χ1n) is 5.03. The molecule has 0 aliphatic rings. The van der Waals surface area contributed by atoms with Crippen LogP contribution in [0.3, 0.4) is 0 Å². The van der Waals surface area contributed by atoms with E-state index in [1.165, 1.54) is 6.07 Å². The summed E-state index contributed by atoms with van der Waals surface area (Å²) in [5, 5.41) is 30.2. The van der Waals surface area contributed by atoms with Gasteiger partial charge in [-0.05, 0) is 12.0 Å². The standard InChI is InChI=1S/C10H10N2O6/c1-2-6-3-7(11(15)16)4-9(12(17)18)8(6)5-10(13)14/h3-4H,2,5H2,1H3,(H,13,14). The van der Waals surface area contributed by atoms with Crippen LogP contribution in [0.2, 0.25) is 0 Å². The van der Waals surface area contributed by atoms with Crippen LogP contribution in [0, 0.1) is 20.2 Å². The van der Waals surface area contributed by atoms with E-state index >= 15 is 0 Å². The van der Waals surface area contributed by atoms with E-state index in [9.17, 15) is 25.0 Å². The van der Waals surface area contributed by atoms with Crippen LogP contribution < -0.4 is 0 Å². The van der Waals surface area contributed by atoms with E-state index in [2.05, 4.69) is 0 Å². The summed E-state index contributed by atoms with van der Waals surface area (Å²) in [6.07, 6.45) is -0.247. The van der Waals surface area contributed by atoms with Crippen LogP contribution in [0.4, 0.5) is 11.4 Å². The van der Waals surface area contributed by atoms with Crippen LogP contribution in [0.15, 0.2) is 12.1 Å². The number of non-ortho nitro benzene ring substituents is 1. The van der Waals surface area contributed by atoms with Gasteiger partial charge in [-0.2, -0.15) is 0 Å². The Hall–Kier alpha value is -2.51. The van der Waals surface area contributed by atoms with Crippen LogP contribution in [-0.4, -0.2) is 20.9 Å². The van der Waals surface area contributed by atoms with E-state index in [1.54, 1.807) is 6.92 Å². The Kier molecular flexibility index (Phi) is 3.93. The highest BCUT2D eigenvalue weighted by Gasteiger charge is 2.24. The summed E-state index contributed by atoms with van der Waals surface area (Å²) in [6.45, 7) is 1.65. The van der Waals surface area contributed by atoms with Crippen LogP contribution in [0.5, 0.6) is 0 Å². The first-order chi connectivity index (χ1) is 8.36. The number of aryl methyl sites for hydroxylation is 1. The summed E-state index contributed by atoms with van der Waals surface area (Å²) in [7, 11) is 0. The molecule has 1 N–H and O–H groups in total. The summed E-state index contributed by atoms with van der Waals surface area (Å²) < 4.78 is 0. The van der Waals surface area contributed by atoms with E-state index < -0.39 is 33.6 Å². The van der Waals surface area contributed by atoms with Gasteiger partial charge < -0.3 is 5.11 Å². The second kappa shape index (κ2) is 5.21. The topological polar surface area (TPSA) is 124 Å². The van der Waals surface area contributed by atoms with Gasteiger partial charge in [0.2, 0.25) is 0 Å². The second-order valence-electron chi connectivity index (χ2n) is 3.54. The van der Waals surface area contributed by atoms with Gasteiger partial charge in [0.1, 0.15) is 0 Å². The van der Waals surface area contributed by atoms with Crippen molar-refractivity contribution in [3.05, 3.63) is 43.5 Å². The third-order valence-corrected chi connectivity index (χ3v) is 2.42. The monoisotopic (exact) mass is 254 g/mol. The fourth-order valence-corrected chi connectivity index (χ4v) is 1.64. The highest BCUT2D eigenvalue weighted by Crippen LogP contribution is 2.29. The molecule has 0 amide bonds. The lowest BCUT2D eigenvalue weighted by molar-refractivity contribution is -0.394. The lowest BCUT2D eigenvalue weighted by Gasteiger charge is -2.06. The van der Waals surface area contributed by atoms with E-state index in [-0.39, 0.29) is 12.0 Å². The highest BCUT2D eigenvalue weighted by atomic mass is 16.6. The number of carboxylic acids is 1. The number of hydrogen-bond donors (Lipinski definition) is 1. The molecule has 0 aromatic heterocycles. The maximum atomic E-state index is 10.8. The van der Waals surface area contributed by atoms with Crippen LogP contribution in [0.25, 0.3) is 0 Å². The van der Waals surface area contributed by atoms with Crippen LogP contribution >= 0.6 is 0 Å². The lowest BCUT2D eigenvalue weighted by Crippen LogP contribution is -2.08. The van der Waals surface area contributed by atoms with E-state index in [1.807, 2.05) is 0 Å². The van der Waals surface area contributed by atoms with Crippen molar-refractivity contribution in [2.24, 2.45) is 0 Å². The van der Waals surface area contributed by atoms with Crippen molar-refractivity contribution in [3.63, 3.8) is 0 Å². The molecular formula is C10H10N2O6. The molecule has 0 radical (unpaired) electrons. The second-order valence-corrected chi connectivity index (χ2v) is 3.54. The van der Waals surface area contributed by atoms with Gasteiger partial charge >= 0.3 is 5.97 Å². The molecule has 96 valence electrons. The van der Waals surface area contributed by atoms with Gasteiger partial charge in [-0.25, -0.2) is 0 Å². The van der Waals surface area contributed by atoms with Gasteiger partial charge in [-0.3, -0.25) is 25.0 Å². The molecule has 0 bridgehead atoms. The molecule has 0 fully saturated rings. The first kappa shape index (κ1) is 13.6. The highest BCUT2D eigenvalue weighted by molar-refractivity contribution is 5.73. The van der Waals surface area contributed by atoms with Crippen molar-refractivity contribution in [2.45, 2.75) is 19.8 Å². The number of nitro benzene ring substituents is 2. The van der Waals surface area contributed by atoms with Crippen molar-refractivity contribution in [1.82, 2.24) is 0 Å². The normalized spacial score (nSPS) is 10.1. The minimum atomic E-state index is -1.22. The molecule has 0 saturated carbocycles. The number of nitrogens with zero attached hydrogens (tertiary/aromatic N) is 2. The van der Waals surface area contributed by atoms with Gasteiger partial charge in [0, 0.05) is 11.6 Å². The fourth-order valence-electron chi connectivity index (χ4n) is 1.64. The van der Waals surface area contributed by atoms with Crippen molar-refractivity contribution in [2.75, 3.05) is 0 Å². The quantitative estimate of drug-likeness (QED) is 0.629. The van der Waals surface area contributed by atoms with E-state index in [0.29, 0.717) is 5.56 Å². The molecule has 0 aliphatic heterocycles. The number of rotatable bonds is 5. The third-order valence-electron chi connectivity index (χ3n) is 2.42. The fraction of sp³-hybridized carbons (Fsp3) is 0.300. The van der Waals surface area contributed by atoms with Gasteiger partial charge in [0.15, 0.2) is 0 Å². The summed E-state index contributed by atoms with van der Waals surface area (Å²) >= 11 is 0. The SMILES string of the molecule is CCc1cc([N+](=O)[O-])cc([N+](=O)[O-])c1CC(=O)O. The Balaban J connectivity index is 3.50. The predicted molar refractivity (Wildman–Crippen MR) is 60.5 cm³/mol. The number of aliphatic carboxylic acids is 1. The van der Waals surface area contributed by atoms with Crippen LogP contribution in [0.1, 0.15) is 18.1 Å². The predicted octanol–water partition coefficient (Wildman–Crippen LogP) is 1.69. The third kappa shape index (κ3) is 2.78. The maximum Gasteiger partial charge on any atom is 0.308 e. The molecule has 1 rings (SSSR count). The van der Waals surface area contributed by atoms with Crippen molar-refractivity contribution in [3.8, 4) is 0 Å². The number of hydrogen-bond acceptors (Lipinski definition) is 5. The molecule has 0 spiro atoms. The molecule has 8 nitrogen and oxygen atoms in total. The minimum Gasteiger partial charge on any atom is -0.481 e. The van der Waals surface area contributed by atoms with Crippen molar-refractivity contribution in [1.29, 1.82) is 0 Å². The molecule has 0 aliphatic carbocycles. The van der Waals surface area contributed by atoms with E-state index in [0.717, 1.165) is 6.07 Å². The number of nitro groups is 2. The van der Waals surface area contributed by atoms with Gasteiger partial charge in [-0.15, -0.1) is 0 Å². The smallest absolute Gasteiger partial charge is 0.308 e. The molecule has 0 unspecified atom stereocenters. The zero-order chi connectivity index (χ0) is 13.9. The number of benzene rings is 1. The first-order valence-corrected chi connectivity index (χ1v) is 5.03. The molecule has 0 atom stereocenters. The molecule has 0 heterocycles. The molecule has 1 aromatic rings. The maximum absolute atomic E-state index is 10.8. The average Bonchev–Trinajstić information content (AvgIpc) is 2.27. The summed E-state index contributed by atoms with van der Waals surface area (Å²) in [5.41, 5.74) is -0.616. The summed E-state index contributed by atoms with van der Waals surface area (Å²) in [6, 6.07) is 1.96. The van der Waals surface area contributed by atoms with Gasteiger partial charge in [0.05, 0.1) is 22.3 Å². The molecule has 1 aromatic carbocycles. The van der Waals surface area contributed by atoms with Gasteiger partial charge in [0.25, 0.3) is 11.4 Å². The Bertz CT molecular complexity index is 525. The van der Waals surface area contributed by atoms with Gasteiger partial charge in [-0.1, -0.05) is 6.92 Å². The average molecular weight is 254 g/mol. The lowest BCUT2D eigenvalue weighted by atomic mass is 9.99. The Morgan fingerprint density at radius 1 is 1.28 bits per heavy atom. The largest absolute Gasteiger partial charge is 0.481 e. The summed E-state index contributed by atoms with van der Waals surface area (Å²) in [4.78, 5) is 30.6. The minimum absolute atomic E-state index is 0.0144. The van der Waals surface area contributed by atoms with E-state index in [4.69, 9.17) is 5.11 Å². The molecule has 18 heavy (non-hydrogen) atoms. The zero-order valence-corrected chi connectivity index (χ0v) is 9.45. The summed E-state index contributed by atoms with van der Waals surface area (Å²) in [5.74, 6) is -1.22. The number of carbonyl (C=O) groups is 1. The van der Waals surface area contributed by atoms with Crippen LogP contribution in [-0.2, 0) is 17.6 Å². The van der Waals surface area contributed by atoms with Crippen molar-refractivity contribution >= 4 is 17.3 Å².